The summed E-state index contributed by atoms with van der Waals surface area (Å²) in [6.07, 6.45) is 3.95. The first-order chi connectivity index (χ1) is 7.70. The number of hydrogen-bond donors (Lipinski definition) is 1. The van der Waals surface area contributed by atoms with E-state index in [4.69, 9.17) is 0 Å². The smallest absolute Gasteiger partial charge is 0.258 e. The van der Waals surface area contributed by atoms with Gasteiger partial charge in [0.1, 0.15) is 5.82 Å². The van der Waals surface area contributed by atoms with Gasteiger partial charge in [-0.3, -0.25) is 4.79 Å². The maximum Gasteiger partial charge on any atom is 0.258 e. The summed E-state index contributed by atoms with van der Waals surface area (Å²) in [6, 6.07) is 5.67. The summed E-state index contributed by atoms with van der Waals surface area (Å²) in [6.45, 7) is 1.78. The molecule has 0 saturated heterocycles. The molecular weight excluding hydrogens is 268 g/mol. The number of rotatable bonds is 2. The molecule has 0 unspecified atom stereocenters. The number of fused-ring (bicyclic) bond motifs is 1. The van der Waals surface area contributed by atoms with Crippen molar-refractivity contribution in [3.63, 3.8) is 0 Å². The SMILES string of the molecule is Cc1nc2ccc(C=CCBr)cc2c(=O)[nH]1. The summed E-state index contributed by atoms with van der Waals surface area (Å²) in [5, 5.41) is 1.43. The lowest BCUT2D eigenvalue weighted by Gasteiger charge is -1.99. The second kappa shape index (κ2) is 4.61. The Morgan fingerprint density at radius 2 is 2.31 bits per heavy atom. The monoisotopic (exact) mass is 278 g/mol. The zero-order chi connectivity index (χ0) is 11.5. The van der Waals surface area contributed by atoms with Crippen LogP contribution in [-0.4, -0.2) is 15.3 Å². The fraction of sp³-hybridized carbons (Fsp3) is 0.167. The number of nitrogens with zero attached hydrogens (tertiary/aromatic N) is 1. The number of alkyl halides is 1. The Hall–Kier alpha value is -1.42. The summed E-state index contributed by atoms with van der Waals surface area (Å²) in [5.74, 6) is 0.640. The highest BCUT2D eigenvalue weighted by Gasteiger charge is 2.01. The van der Waals surface area contributed by atoms with E-state index in [0.29, 0.717) is 11.2 Å². The van der Waals surface area contributed by atoms with Gasteiger partial charge in [-0.1, -0.05) is 34.1 Å². The normalized spacial score (nSPS) is 11.4. The summed E-state index contributed by atoms with van der Waals surface area (Å²) in [5.41, 5.74) is 1.65. The van der Waals surface area contributed by atoms with Crippen LogP contribution in [0.2, 0.25) is 0 Å². The van der Waals surface area contributed by atoms with E-state index >= 15 is 0 Å². The number of benzene rings is 1. The van der Waals surface area contributed by atoms with Crippen LogP contribution in [0, 0.1) is 6.92 Å². The third kappa shape index (κ3) is 2.22. The van der Waals surface area contributed by atoms with Gasteiger partial charge >= 0.3 is 0 Å². The van der Waals surface area contributed by atoms with Crippen molar-refractivity contribution in [3.05, 3.63) is 46.0 Å². The quantitative estimate of drug-likeness (QED) is 0.859. The van der Waals surface area contributed by atoms with Crippen LogP contribution in [0.3, 0.4) is 0 Å². The van der Waals surface area contributed by atoms with E-state index in [9.17, 15) is 4.79 Å². The molecule has 82 valence electrons. The molecule has 2 rings (SSSR count). The van der Waals surface area contributed by atoms with Gasteiger partial charge in [0.2, 0.25) is 0 Å². The van der Waals surface area contributed by atoms with Crippen LogP contribution in [0.4, 0.5) is 0 Å². The molecule has 0 amide bonds. The molecule has 0 aliphatic rings. The summed E-state index contributed by atoms with van der Waals surface area (Å²) < 4.78 is 0. The van der Waals surface area contributed by atoms with Crippen molar-refractivity contribution in [2.75, 3.05) is 5.33 Å². The lowest BCUT2D eigenvalue weighted by molar-refractivity contribution is 1.06. The summed E-state index contributed by atoms with van der Waals surface area (Å²) >= 11 is 3.31. The molecule has 0 fully saturated rings. The van der Waals surface area contributed by atoms with Crippen molar-refractivity contribution in [3.8, 4) is 0 Å². The molecule has 0 aliphatic carbocycles. The number of H-pyrrole nitrogens is 1. The van der Waals surface area contributed by atoms with Crippen molar-refractivity contribution < 1.29 is 0 Å². The molecule has 3 nitrogen and oxygen atoms in total. The first kappa shape index (κ1) is 11.1. The van der Waals surface area contributed by atoms with Gasteiger partial charge in [0.15, 0.2) is 0 Å². The van der Waals surface area contributed by atoms with Crippen LogP contribution in [0.15, 0.2) is 29.1 Å². The number of allylic oxidation sites excluding steroid dienone is 1. The molecule has 0 atom stereocenters. The second-order valence-electron chi connectivity index (χ2n) is 3.48. The zero-order valence-electron chi connectivity index (χ0n) is 8.83. The minimum atomic E-state index is -0.0865. The van der Waals surface area contributed by atoms with E-state index in [0.717, 1.165) is 16.4 Å². The van der Waals surface area contributed by atoms with E-state index in [1.165, 1.54) is 0 Å². The first-order valence-electron chi connectivity index (χ1n) is 4.94. The molecule has 1 heterocycles. The van der Waals surface area contributed by atoms with Crippen LogP contribution in [0.1, 0.15) is 11.4 Å². The minimum absolute atomic E-state index is 0.0865. The van der Waals surface area contributed by atoms with Crippen LogP contribution < -0.4 is 5.56 Å². The van der Waals surface area contributed by atoms with Crippen LogP contribution >= 0.6 is 15.9 Å². The molecule has 16 heavy (non-hydrogen) atoms. The highest BCUT2D eigenvalue weighted by atomic mass is 79.9. The summed E-state index contributed by atoms with van der Waals surface area (Å²) in [7, 11) is 0. The van der Waals surface area contributed by atoms with Crippen molar-refractivity contribution in [2.45, 2.75) is 6.92 Å². The summed E-state index contributed by atoms with van der Waals surface area (Å²) in [4.78, 5) is 18.7. The number of hydrogen-bond acceptors (Lipinski definition) is 2. The lowest BCUT2D eigenvalue weighted by atomic mass is 10.1. The van der Waals surface area contributed by atoms with Crippen molar-refractivity contribution in [1.82, 2.24) is 9.97 Å². The van der Waals surface area contributed by atoms with Gasteiger partial charge < -0.3 is 4.98 Å². The average molecular weight is 279 g/mol. The van der Waals surface area contributed by atoms with Crippen LogP contribution in [0.25, 0.3) is 17.0 Å². The number of aryl methyl sites for hydroxylation is 1. The zero-order valence-corrected chi connectivity index (χ0v) is 10.4. The topological polar surface area (TPSA) is 45.8 Å². The fourth-order valence-corrected chi connectivity index (χ4v) is 1.74. The van der Waals surface area contributed by atoms with Gasteiger partial charge in [0.05, 0.1) is 10.9 Å². The highest BCUT2D eigenvalue weighted by Crippen LogP contribution is 2.11. The number of nitrogens with one attached hydrogen (secondary N) is 1. The van der Waals surface area contributed by atoms with Gasteiger partial charge in [0, 0.05) is 5.33 Å². The Bertz CT molecular complexity index is 601. The van der Waals surface area contributed by atoms with E-state index in [1.807, 2.05) is 30.4 Å². The Kier molecular flexibility index (Phi) is 3.19. The Morgan fingerprint density at radius 1 is 1.50 bits per heavy atom. The van der Waals surface area contributed by atoms with Gasteiger partial charge in [0.25, 0.3) is 5.56 Å². The fourth-order valence-electron chi connectivity index (χ4n) is 1.56. The standard InChI is InChI=1S/C12H11BrN2O/c1-8-14-11-5-4-9(3-2-6-13)7-10(11)12(16)15-8/h2-5,7H,6H2,1H3,(H,14,15,16). The number of aromatic amines is 1. The largest absolute Gasteiger partial charge is 0.310 e. The van der Waals surface area contributed by atoms with E-state index < -0.39 is 0 Å². The first-order valence-corrected chi connectivity index (χ1v) is 6.06. The minimum Gasteiger partial charge on any atom is -0.310 e. The molecular formula is C12H11BrN2O. The molecule has 0 aliphatic heterocycles. The molecule has 1 aromatic carbocycles. The molecule has 1 N–H and O–H groups in total. The second-order valence-corrected chi connectivity index (χ2v) is 4.13. The Balaban J connectivity index is 2.62. The van der Waals surface area contributed by atoms with Crippen LogP contribution in [-0.2, 0) is 0 Å². The van der Waals surface area contributed by atoms with Gasteiger partial charge in [-0.2, -0.15) is 0 Å². The molecule has 0 bridgehead atoms. The Labute approximate surface area is 101 Å². The van der Waals surface area contributed by atoms with Gasteiger partial charge in [-0.25, -0.2) is 4.98 Å². The predicted octanol–water partition coefficient (Wildman–Crippen LogP) is 2.64. The molecule has 0 saturated carbocycles. The predicted molar refractivity (Wildman–Crippen MR) is 69.9 cm³/mol. The number of halogens is 1. The molecule has 4 heteroatoms. The van der Waals surface area contributed by atoms with E-state index in [1.54, 1.807) is 6.92 Å². The maximum atomic E-state index is 11.7. The van der Waals surface area contributed by atoms with Gasteiger partial charge in [-0.05, 0) is 24.6 Å². The van der Waals surface area contributed by atoms with Crippen molar-refractivity contribution in [2.24, 2.45) is 0 Å². The lowest BCUT2D eigenvalue weighted by Crippen LogP contribution is -2.09. The molecule has 0 radical (unpaired) electrons. The maximum absolute atomic E-state index is 11.7. The van der Waals surface area contributed by atoms with Crippen LogP contribution in [0.5, 0.6) is 0 Å². The Morgan fingerprint density at radius 3 is 3.06 bits per heavy atom. The van der Waals surface area contributed by atoms with Gasteiger partial charge in [-0.15, -0.1) is 0 Å². The van der Waals surface area contributed by atoms with Crippen molar-refractivity contribution in [1.29, 1.82) is 0 Å². The highest BCUT2D eigenvalue weighted by molar-refractivity contribution is 9.09. The third-order valence-electron chi connectivity index (χ3n) is 2.25. The molecule has 0 spiro atoms. The molecule has 2 aromatic rings. The average Bonchev–Trinajstić information content (AvgIpc) is 2.26. The van der Waals surface area contributed by atoms with E-state index in [2.05, 4.69) is 25.9 Å². The third-order valence-corrected chi connectivity index (χ3v) is 2.62. The number of aromatic nitrogens is 2. The van der Waals surface area contributed by atoms with E-state index in [-0.39, 0.29) is 5.56 Å². The van der Waals surface area contributed by atoms with Crippen molar-refractivity contribution >= 4 is 32.9 Å². The molecule has 1 aromatic heterocycles.